The highest BCUT2D eigenvalue weighted by Gasteiger charge is 2.23. The van der Waals surface area contributed by atoms with Crippen LogP contribution in [-0.4, -0.2) is 60.2 Å². The number of carbonyl (C=O) groups excluding carboxylic acids is 1. The van der Waals surface area contributed by atoms with Crippen LogP contribution in [0.4, 0.5) is 0 Å². The summed E-state index contributed by atoms with van der Waals surface area (Å²) < 4.78 is 42.5. The van der Waals surface area contributed by atoms with Crippen LogP contribution < -0.4 is 14.8 Å². The monoisotopic (exact) mass is 464 g/mol. The lowest BCUT2D eigenvalue weighted by Crippen LogP contribution is -2.28. The molecule has 0 saturated carbocycles. The van der Waals surface area contributed by atoms with Gasteiger partial charge in [0.2, 0.25) is 10.0 Å². The highest BCUT2D eigenvalue weighted by molar-refractivity contribution is 7.89. The Morgan fingerprint density at radius 1 is 1.06 bits per heavy atom. The number of amides is 1. The van der Waals surface area contributed by atoms with E-state index in [2.05, 4.69) is 5.32 Å². The minimum Gasteiger partial charge on any atom is -0.493 e. The second-order valence-corrected chi connectivity index (χ2v) is 9.77. The first-order chi connectivity index (χ1) is 15.0. The highest BCUT2D eigenvalue weighted by atomic mass is 32.2. The number of methoxy groups -OCH3 is 2. The van der Waals surface area contributed by atoms with Crippen molar-refractivity contribution >= 4 is 15.9 Å². The Kier molecular flexibility index (Phi) is 8.65. The Labute approximate surface area is 190 Å². The molecule has 0 bridgehead atoms. The molecule has 0 spiro atoms. The van der Waals surface area contributed by atoms with Crippen LogP contribution in [-0.2, 0) is 14.8 Å². The molecule has 2 aromatic rings. The predicted molar refractivity (Wildman–Crippen MR) is 123 cm³/mol. The molecule has 0 aliphatic heterocycles. The largest absolute Gasteiger partial charge is 0.493 e. The fourth-order valence-corrected chi connectivity index (χ4v) is 4.31. The number of nitrogens with one attached hydrogen (secondary N) is 1. The molecule has 0 aliphatic rings. The third-order valence-electron chi connectivity index (χ3n) is 5.22. The molecule has 176 valence electrons. The van der Waals surface area contributed by atoms with Crippen molar-refractivity contribution in [1.29, 1.82) is 0 Å². The fourth-order valence-electron chi connectivity index (χ4n) is 3.09. The molecule has 0 fully saturated rings. The number of aryl methyl sites for hydroxylation is 1. The molecule has 0 saturated heterocycles. The van der Waals surface area contributed by atoms with Crippen LogP contribution in [0.15, 0.2) is 35.2 Å². The lowest BCUT2D eigenvalue weighted by molar-refractivity contribution is 0.0939. The van der Waals surface area contributed by atoms with E-state index in [0.29, 0.717) is 30.3 Å². The summed E-state index contributed by atoms with van der Waals surface area (Å²) in [6, 6.07) is 8.20. The second-order valence-electron chi connectivity index (χ2n) is 7.65. The normalized spacial score (nSPS) is 12.5. The molecular formula is C23H32N2O6S. The van der Waals surface area contributed by atoms with Gasteiger partial charge >= 0.3 is 0 Å². The van der Waals surface area contributed by atoms with Gasteiger partial charge in [-0.05, 0) is 61.7 Å². The molecule has 1 atom stereocenters. The summed E-state index contributed by atoms with van der Waals surface area (Å²) in [5.41, 5.74) is 2.45. The molecule has 0 aromatic heterocycles. The van der Waals surface area contributed by atoms with E-state index in [4.69, 9.17) is 14.2 Å². The van der Waals surface area contributed by atoms with Gasteiger partial charge in [0.15, 0.2) is 11.5 Å². The van der Waals surface area contributed by atoms with E-state index in [1.165, 1.54) is 20.2 Å². The van der Waals surface area contributed by atoms with Gasteiger partial charge in [-0.25, -0.2) is 12.7 Å². The summed E-state index contributed by atoms with van der Waals surface area (Å²) >= 11 is 0. The smallest absolute Gasteiger partial charge is 0.251 e. The van der Waals surface area contributed by atoms with Crippen molar-refractivity contribution in [2.75, 3.05) is 41.5 Å². The third-order valence-corrected chi connectivity index (χ3v) is 7.16. The van der Waals surface area contributed by atoms with Crippen LogP contribution in [0, 0.1) is 13.8 Å². The van der Waals surface area contributed by atoms with Crippen molar-refractivity contribution < 1.29 is 27.4 Å². The van der Waals surface area contributed by atoms with Gasteiger partial charge in [-0.2, -0.15) is 0 Å². The maximum Gasteiger partial charge on any atom is 0.251 e. The van der Waals surface area contributed by atoms with Crippen LogP contribution in [0.25, 0.3) is 0 Å². The first-order valence-electron chi connectivity index (χ1n) is 10.2. The Hall–Kier alpha value is -2.62. The third kappa shape index (κ3) is 5.79. The molecule has 9 heteroatoms. The number of hydrogen-bond acceptors (Lipinski definition) is 6. The number of rotatable bonds is 10. The van der Waals surface area contributed by atoms with Crippen LogP contribution in [0.1, 0.15) is 40.0 Å². The molecule has 0 heterocycles. The number of carbonyl (C=O) groups is 1. The van der Waals surface area contributed by atoms with Crippen molar-refractivity contribution in [3.05, 3.63) is 52.6 Å². The molecule has 2 aromatic carbocycles. The summed E-state index contributed by atoms with van der Waals surface area (Å²) in [6.45, 7) is 6.22. The van der Waals surface area contributed by atoms with Gasteiger partial charge in [0.1, 0.15) is 6.61 Å². The zero-order valence-corrected chi connectivity index (χ0v) is 20.5. The standard InChI is InChI=1S/C23H32N2O6S/c1-15-12-19(14-22(16(15)2)32(27,28)25(4)5)23(26)24-17(3)18-8-9-20(21(13-18)30-7)31-11-10-29-6/h8-9,12-14,17H,10-11H2,1-7H3,(H,24,26). The van der Waals surface area contributed by atoms with E-state index in [1.807, 2.05) is 13.0 Å². The van der Waals surface area contributed by atoms with Gasteiger partial charge in [-0.3, -0.25) is 4.79 Å². The Balaban J connectivity index is 2.27. The molecule has 1 amide bonds. The summed E-state index contributed by atoms with van der Waals surface area (Å²) in [5.74, 6) is 0.764. The van der Waals surface area contributed by atoms with Gasteiger partial charge < -0.3 is 19.5 Å². The minimum atomic E-state index is -3.68. The van der Waals surface area contributed by atoms with Gasteiger partial charge in [0.25, 0.3) is 5.91 Å². The van der Waals surface area contributed by atoms with Crippen molar-refractivity contribution in [3.8, 4) is 11.5 Å². The fraction of sp³-hybridized carbons (Fsp3) is 0.435. The van der Waals surface area contributed by atoms with Crippen molar-refractivity contribution in [3.63, 3.8) is 0 Å². The first kappa shape index (κ1) is 25.6. The quantitative estimate of drug-likeness (QED) is 0.543. The summed E-state index contributed by atoms with van der Waals surface area (Å²) in [6.07, 6.45) is 0. The van der Waals surface area contributed by atoms with E-state index in [0.717, 1.165) is 15.4 Å². The minimum absolute atomic E-state index is 0.125. The van der Waals surface area contributed by atoms with Gasteiger partial charge in [0.05, 0.1) is 24.7 Å². The van der Waals surface area contributed by atoms with Crippen molar-refractivity contribution in [1.82, 2.24) is 9.62 Å². The maximum absolute atomic E-state index is 12.9. The molecule has 1 N–H and O–H groups in total. The maximum atomic E-state index is 12.9. The van der Waals surface area contributed by atoms with Crippen LogP contribution in [0.2, 0.25) is 0 Å². The van der Waals surface area contributed by atoms with Crippen molar-refractivity contribution in [2.24, 2.45) is 0 Å². The van der Waals surface area contributed by atoms with E-state index >= 15 is 0 Å². The lowest BCUT2D eigenvalue weighted by atomic mass is 10.0. The summed E-state index contributed by atoms with van der Waals surface area (Å²) in [5, 5.41) is 2.93. The molecule has 0 radical (unpaired) electrons. The number of ether oxygens (including phenoxy) is 3. The van der Waals surface area contributed by atoms with Crippen LogP contribution >= 0.6 is 0 Å². The molecule has 2 rings (SSSR count). The topological polar surface area (TPSA) is 94.2 Å². The van der Waals surface area contributed by atoms with Crippen LogP contribution in [0.3, 0.4) is 0 Å². The zero-order valence-electron chi connectivity index (χ0n) is 19.7. The second kappa shape index (κ2) is 10.8. The average Bonchev–Trinajstić information content (AvgIpc) is 2.75. The molecule has 1 unspecified atom stereocenters. The predicted octanol–water partition coefficient (Wildman–Crippen LogP) is 3.08. The van der Waals surface area contributed by atoms with Crippen molar-refractivity contribution in [2.45, 2.75) is 31.7 Å². The SMILES string of the molecule is COCCOc1ccc(C(C)NC(=O)c2cc(C)c(C)c(S(=O)(=O)N(C)C)c2)cc1OC. The summed E-state index contributed by atoms with van der Waals surface area (Å²) in [7, 11) is 2.41. The number of nitrogens with zero attached hydrogens (tertiary/aromatic N) is 1. The van der Waals surface area contributed by atoms with E-state index in [1.54, 1.807) is 46.3 Å². The number of benzene rings is 2. The first-order valence-corrected chi connectivity index (χ1v) is 11.6. The average molecular weight is 465 g/mol. The molecule has 32 heavy (non-hydrogen) atoms. The van der Waals surface area contributed by atoms with E-state index in [9.17, 15) is 13.2 Å². The molecule has 8 nitrogen and oxygen atoms in total. The van der Waals surface area contributed by atoms with E-state index < -0.39 is 10.0 Å². The Morgan fingerprint density at radius 2 is 1.75 bits per heavy atom. The Bertz CT molecular complexity index is 1070. The van der Waals surface area contributed by atoms with Gasteiger partial charge in [0, 0.05) is 26.8 Å². The number of sulfonamides is 1. The highest BCUT2D eigenvalue weighted by Crippen LogP contribution is 2.30. The van der Waals surface area contributed by atoms with Gasteiger partial charge in [-0.1, -0.05) is 6.07 Å². The zero-order chi connectivity index (χ0) is 24.1. The van der Waals surface area contributed by atoms with E-state index in [-0.39, 0.29) is 22.4 Å². The van der Waals surface area contributed by atoms with Crippen LogP contribution in [0.5, 0.6) is 11.5 Å². The Morgan fingerprint density at radius 3 is 2.34 bits per heavy atom. The van der Waals surface area contributed by atoms with Gasteiger partial charge in [-0.15, -0.1) is 0 Å². The molecular weight excluding hydrogens is 432 g/mol. The summed E-state index contributed by atoms with van der Waals surface area (Å²) in [4.78, 5) is 13.1. The lowest BCUT2D eigenvalue weighted by Gasteiger charge is -2.19. The number of hydrogen-bond donors (Lipinski definition) is 1. The molecule has 0 aliphatic carbocycles.